The molecule has 0 heterocycles. The highest BCUT2D eigenvalue weighted by molar-refractivity contribution is 5.93. The second-order valence-electron chi connectivity index (χ2n) is 12.1. The van der Waals surface area contributed by atoms with E-state index in [0.29, 0.717) is 18.8 Å². The fourth-order valence-electron chi connectivity index (χ4n) is 8.21. The van der Waals surface area contributed by atoms with Crippen molar-refractivity contribution in [2.45, 2.75) is 64.7 Å². The molecule has 1 N–H and O–H groups in total. The fraction of sp³-hybridized carbons (Fsp3) is 0.545. The van der Waals surface area contributed by atoms with E-state index in [-0.39, 0.29) is 36.6 Å². The molecule has 2 fully saturated rings. The molecule has 5 atom stereocenters. The number of carbonyl (C=O) groups excluding carboxylic acids is 3. The van der Waals surface area contributed by atoms with Crippen molar-refractivity contribution in [3.63, 3.8) is 0 Å². The molecule has 0 amide bonds. The second kappa shape index (κ2) is 10.4. The smallest absolute Gasteiger partial charge is 0.303 e. The Bertz CT molecular complexity index is 1310. The second-order valence-corrected chi connectivity index (χ2v) is 12.1. The molecule has 5 rings (SSSR count). The number of anilines is 1. The summed E-state index contributed by atoms with van der Waals surface area (Å²) in [5, 5.41) is 9.64. The van der Waals surface area contributed by atoms with Gasteiger partial charge in [-0.1, -0.05) is 36.5 Å². The fourth-order valence-corrected chi connectivity index (χ4v) is 8.21. The van der Waals surface area contributed by atoms with E-state index in [9.17, 15) is 19.5 Å². The van der Waals surface area contributed by atoms with Crippen molar-refractivity contribution >= 4 is 23.2 Å². The topological polar surface area (TPSA) is 83.9 Å². The van der Waals surface area contributed by atoms with Gasteiger partial charge in [-0.05, 0) is 90.7 Å². The number of Topliss-reactive ketones (excluding diaryl/α,β-unsaturated/α-hetero) is 1. The average Bonchev–Trinajstić information content (AvgIpc) is 3.22. The molecule has 0 radical (unpaired) electrons. The van der Waals surface area contributed by atoms with Crippen LogP contribution in [0.1, 0.15) is 70.3 Å². The van der Waals surface area contributed by atoms with Crippen molar-refractivity contribution in [1.29, 1.82) is 0 Å². The number of aliphatic hydroxyl groups excluding tert-OH is 1. The summed E-state index contributed by atoms with van der Waals surface area (Å²) < 4.78 is 5.21. The van der Waals surface area contributed by atoms with Gasteiger partial charge in [0.05, 0.1) is 5.41 Å². The molecule has 0 spiro atoms. The van der Waals surface area contributed by atoms with Gasteiger partial charge in [0, 0.05) is 39.0 Å². The Balaban J connectivity index is 1.66. The van der Waals surface area contributed by atoms with E-state index in [1.807, 2.05) is 20.2 Å². The van der Waals surface area contributed by atoms with E-state index in [0.717, 1.165) is 37.8 Å². The van der Waals surface area contributed by atoms with Crippen LogP contribution in [0, 0.1) is 34.5 Å². The normalized spacial score (nSPS) is 31.3. The minimum Gasteiger partial charge on any atom is -0.458 e. The van der Waals surface area contributed by atoms with Gasteiger partial charge in [0.15, 0.2) is 18.2 Å². The van der Waals surface area contributed by atoms with Crippen LogP contribution in [0.4, 0.5) is 5.69 Å². The first-order chi connectivity index (χ1) is 18.6. The van der Waals surface area contributed by atoms with Crippen molar-refractivity contribution < 1.29 is 24.2 Å². The maximum Gasteiger partial charge on any atom is 0.303 e. The van der Waals surface area contributed by atoms with Gasteiger partial charge in [0.1, 0.15) is 6.61 Å². The zero-order valence-corrected chi connectivity index (χ0v) is 23.5. The number of ketones is 2. The number of fused-ring (bicyclic) bond motifs is 4. The van der Waals surface area contributed by atoms with Gasteiger partial charge in [-0.15, -0.1) is 0 Å². The lowest BCUT2D eigenvalue weighted by molar-refractivity contribution is -0.150. The molecule has 39 heavy (non-hydrogen) atoms. The maximum absolute atomic E-state index is 13.9. The van der Waals surface area contributed by atoms with Crippen LogP contribution in [0.2, 0.25) is 0 Å². The summed E-state index contributed by atoms with van der Waals surface area (Å²) in [6.45, 7) is 2.90. The Morgan fingerprint density at radius 2 is 1.87 bits per heavy atom. The molecule has 4 aliphatic carbocycles. The maximum atomic E-state index is 13.9. The van der Waals surface area contributed by atoms with Gasteiger partial charge in [-0.25, -0.2) is 0 Å². The monoisotopic (exact) mass is 529 g/mol. The number of esters is 1. The van der Waals surface area contributed by atoms with Crippen LogP contribution in [-0.2, 0) is 19.1 Å². The summed E-state index contributed by atoms with van der Waals surface area (Å²) in [6, 6.07) is 8.70. The first kappa shape index (κ1) is 27.4. The molecule has 0 bridgehead atoms. The van der Waals surface area contributed by atoms with Crippen molar-refractivity contribution in [3.8, 4) is 11.8 Å². The molecule has 0 aromatic heterocycles. The van der Waals surface area contributed by atoms with E-state index >= 15 is 0 Å². The first-order valence-electron chi connectivity index (χ1n) is 14.1. The van der Waals surface area contributed by atoms with Gasteiger partial charge < -0.3 is 14.7 Å². The summed E-state index contributed by atoms with van der Waals surface area (Å²) in [7, 11) is 4.06. The summed E-state index contributed by atoms with van der Waals surface area (Å²) in [5.41, 5.74) is 4.91. The minimum atomic E-state index is -0.994. The van der Waals surface area contributed by atoms with Gasteiger partial charge >= 0.3 is 5.97 Å². The average molecular weight is 530 g/mol. The molecule has 4 aliphatic rings. The number of hydrogen-bond acceptors (Lipinski definition) is 6. The van der Waals surface area contributed by atoms with E-state index in [2.05, 4.69) is 47.9 Å². The van der Waals surface area contributed by atoms with E-state index in [1.54, 1.807) is 0 Å². The quantitative estimate of drug-likeness (QED) is 0.437. The third-order valence-corrected chi connectivity index (χ3v) is 10.0. The predicted molar refractivity (Wildman–Crippen MR) is 150 cm³/mol. The van der Waals surface area contributed by atoms with Crippen LogP contribution in [0.5, 0.6) is 0 Å². The minimum absolute atomic E-state index is 0.0919. The number of hydrogen-bond donors (Lipinski definition) is 1. The Hall–Kier alpha value is -3.17. The molecule has 1 aromatic carbocycles. The number of allylic oxidation sites excluding steroid dienone is 4. The Morgan fingerprint density at radius 1 is 1.13 bits per heavy atom. The summed E-state index contributed by atoms with van der Waals surface area (Å²) in [5.74, 6) is 6.27. The molecule has 0 aliphatic heterocycles. The lowest BCUT2D eigenvalue weighted by Crippen LogP contribution is -2.51. The lowest BCUT2D eigenvalue weighted by atomic mass is 9.48. The van der Waals surface area contributed by atoms with Gasteiger partial charge in [-0.3, -0.25) is 14.4 Å². The lowest BCUT2D eigenvalue weighted by Gasteiger charge is -2.54. The van der Waals surface area contributed by atoms with Gasteiger partial charge in [-0.2, -0.15) is 0 Å². The van der Waals surface area contributed by atoms with E-state index < -0.39 is 16.8 Å². The Kier molecular flexibility index (Phi) is 7.33. The first-order valence-corrected chi connectivity index (χ1v) is 14.1. The number of rotatable bonds is 5. The third-order valence-electron chi connectivity index (χ3n) is 10.0. The van der Waals surface area contributed by atoms with Crippen molar-refractivity contribution in [2.24, 2.45) is 22.7 Å². The zero-order chi connectivity index (χ0) is 27.9. The number of nitrogens with zero attached hydrogens (tertiary/aromatic N) is 1. The largest absolute Gasteiger partial charge is 0.458 e. The predicted octanol–water partition coefficient (Wildman–Crippen LogP) is 4.77. The van der Waals surface area contributed by atoms with Gasteiger partial charge in [0.2, 0.25) is 0 Å². The van der Waals surface area contributed by atoms with Crippen molar-refractivity contribution in [3.05, 3.63) is 52.6 Å². The molecule has 6 heteroatoms. The highest BCUT2D eigenvalue weighted by Crippen LogP contribution is 2.69. The Morgan fingerprint density at radius 3 is 2.54 bits per heavy atom. The third kappa shape index (κ3) is 4.55. The van der Waals surface area contributed by atoms with Gasteiger partial charge in [0.25, 0.3) is 0 Å². The van der Waals surface area contributed by atoms with Crippen LogP contribution in [-0.4, -0.2) is 50.0 Å². The SMILES string of the molecule is CC(=O)OCC(=O)[C@]1(C#CCO)CC[C@H]2[C@@H]3CCC4=CC(=O)CCC4=C3[C@@H](c3ccc(N(C)C)cc3)C[C@@]21C. The standard InChI is InChI=1S/C33H39NO5/c1-21(36)39-20-30(38)33(15-5-17-35)16-14-29-27-12-8-23-18-25(37)11-13-26(23)31(27)28(19-32(29,33)2)22-6-9-24(10-7-22)34(3)4/h6-7,9-10,18,27-29,35H,8,11-14,16-17,19-20H2,1-4H3/t27-,28+,29-,32-,33-/m0/s1. The number of carbonyl (C=O) groups is 3. The molecule has 2 saturated carbocycles. The Labute approximate surface area is 231 Å². The van der Waals surface area contributed by atoms with Crippen LogP contribution in [0.3, 0.4) is 0 Å². The summed E-state index contributed by atoms with van der Waals surface area (Å²) in [4.78, 5) is 39.9. The number of ether oxygens (including phenoxy) is 1. The van der Waals surface area contributed by atoms with Crippen LogP contribution in [0.25, 0.3) is 0 Å². The highest BCUT2D eigenvalue weighted by atomic mass is 16.5. The van der Waals surface area contributed by atoms with E-state index in [4.69, 9.17) is 4.74 Å². The highest BCUT2D eigenvalue weighted by Gasteiger charge is 2.65. The molecule has 1 aromatic rings. The molecule has 6 nitrogen and oxygen atoms in total. The van der Waals surface area contributed by atoms with Crippen LogP contribution < -0.4 is 4.90 Å². The van der Waals surface area contributed by atoms with Crippen LogP contribution in [0.15, 0.2) is 47.1 Å². The summed E-state index contributed by atoms with van der Waals surface area (Å²) >= 11 is 0. The summed E-state index contributed by atoms with van der Waals surface area (Å²) in [6.07, 6.45) is 7.22. The number of benzene rings is 1. The van der Waals surface area contributed by atoms with Crippen molar-refractivity contribution in [2.75, 3.05) is 32.2 Å². The molecular formula is C33H39NO5. The van der Waals surface area contributed by atoms with E-state index in [1.165, 1.54) is 29.2 Å². The van der Waals surface area contributed by atoms with Crippen LogP contribution >= 0.6 is 0 Å². The number of aliphatic hydroxyl groups is 1. The zero-order valence-electron chi connectivity index (χ0n) is 23.5. The molecule has 0 saturated heterocycles. The molecule has 206 valence electrons. The molecule has 0 unspecified atom stereocenters. The van der Waals surface area contributed by atoms with Crippen molar-refractivity contribution in [1.82, 2.24) is 0 Å². The molecular weight excluding hydrogens is 490 g/mol.